The van der Waals surface area contributed by atoms with Crippen molar-refractivity contribution in [1.82, 2.24) is 15.3 Å². The fraction of sp³-hybridized carbons (Fsp3) is 0.263. The predicted octanol–water partition coefficient (Wildman–Crippen LogP) is 2.47. The van der Waals surface area contributed by atoms with Gasteiger partial charge in [0.25, 0.3) is 11.8 Å². The Hall–Kier alpha value is -2.94. The van der Waals surface area contributed by atoms with Gasteiger partial charge < -0.3 is 14.4 Å². The Balaban J connectivity index is 2.12. The van der Waals surface area contributed by atoms with E-state index in [2.05, 4.69) is 31.4 Å². The third-order valence-electron chi connectivity index (χ3n) is 3.45. The molecule has 148 valence electrons. The number of ether oxygens (including phenoxy) is 2. The van der Waals surface area contributed by atoms with Gasteiger partial charge in [-0.2, -0.15) is 5.10 Å². The molecular weight excluding hydrogens is 428 g/mol. The number of carbonyl (C=O) groups excluding carboxylic acids is 2. The normalized spacial score (nSPS) is 10.6. The number of pyridine rings is 1. The van der Waals surface area contributed by atoms with Crippen LogP contribution in [-0.2, 0) is 4.79 Å². The monoisotopic (exact) mass is 448 g/mol. The van der Waals surface area contributed by atoms with Crippen LogP contribution in [0.3, 0.4) is 0 Å². The number of amides is 2. The van der Waals surface area contributed by atoms with E-state index in [1.165, 1.54) is 17.3 Å². The summed E-state index contributed by atoms with van der Waals surface area (Å²) in [6.07, 6.45) is 3.01. The first kappa shape index (κ1) is 21.4. The van der Waals surface area contributed by atoms with Crippen LogP contribution in [0.2, 0.25) is 0 Å². The summed E-state index contributed by atoms with van der Waals surface area (Å²) in [4.78, 5) is 29.1. The van der Waals surface area contributed by atoms with Gasteiger partial charge in [0, 0.05) is 20.3 Å². The molecule has 9 heteroatoms. The lowest BCUT2D eigenvalue weighted by Gasteiger charge is -2.16. The van der Waals surface area contributed by atoms with Crippen LogP contribution in [0, 0.1) is 0 Å². The Morgan fingerprint density at radius 2 is 2.07 bits per heavy atom. The Bertz CT molecular complexity index is 857. The predicted molar refractivity (Wildman–Crippen MR) is 109 cm³/mol. The molecule has 8 nitrogen and oxygen atoms in total. The van der Waals surface area contributed by atoms with Gasteiger partial charge in [-0.05, 0) is 52.7 Å². The highest BCUT2D eigenvalue weighted by molar-refractivity contribution is 9.10. The smallest absolute Gasteiger partial charge is 0.289 e. The first-order valence-electron chi connectivity index (χ1n) is 8.46. The average molecular weight is 449 g/mol. The number of benzene rings is 1. The van der Waals surface area contributed by atoms with Crippen LogP contribution < -0.4 is 14.9 Å². The number of aromatic nitrogens is 1. The zero-order chi connectivity index (χ0) is 20.5. The van der Waals surface area contributed by atoms with Gasteiger partial charge in [0.05, 0.1) is 17.3 Å². The molecule has 0 unspecified atom stereocenters. The molecule has 0 saturated heterocycles. The van der Waals surface area contributed by atoms with Crippen LogP contribution in [-0.4, -0.2) is 55.2 Å². The number of hydrazone groups is 1. The number of hydrogen-bond donors (Lipinski definition) is 1. The molecule has 2 amide bonds. The Labute approximate surface area is 171 Å². The van der Waals surface area contributed by atoms with Crippen LogP contribution in [0.15, 0.2) is 46.1 Å². The van der Waals surface area contributed by atoms with E-state index in [0.717, 1.165) is 0 Å². The van der Waals surface area contributed by atoms with Gasteiger partial charge in [0.15, 0.2) is 18.1 Å². The number of rotatable bonds is 8. The van der Waals surface area contributed by atoms with Crippen molar-refractivity contribution in [3.63, 3.8) is 0 Å². The fourth-order valence-electron chi connectivity index (χ4n) is 2.05. The van der Waals surface area contributed by atoms with Crippen LogP contribution in [0.4, 0.5) is 0 Å². The molecule has 2 aromatic rings. The highest BCUT2D eigenvalue weighted by Crippen LogP contribution is 2.36. The van der Waals surface area contributed by atoms with Crippen LogP contribution in [0.25, 0.3) is 0 Å². The van der Waals surface area contributed by atoms with Gasteiger partial charge in [-0.25, -0.2) is 5.43 Å². The van der Waals surface area contributed by atoms with Crippen molar-refractivity contribution in [3.8, 4) is 11.5 Å². The molecule has 0 fully saturated rings. The van der Waals surface area contributed by atoms with Gasteiger partial charge in [-0.1, -0.05) is 6.07 Å². The minimum absolute atomic E-state index is 0.112. The minimum Gasteiger partial charge on any atom is -0.490 e. The second kappa shape index (κ2) is 10.4. The lowest BCUT2D eigenvalue weighted by Crippen LogP contribution is -2.27. The van der Waals surface area contributed by atoms with Gasteiger partial charge in [0.2, 0.25) is 0 Å². The van der Waals surface area contributed by atoms with Crippen molar-refractivity contribution in [2.75, 3.05) is 27.3 Å². The number of carbonyl (C=O) groups is 2. The standard InChI is InChI=1S/C19H21BrN4O4/c1-4-27-16-10-13(9-14(20)18(16)28-12-17(25)24(2)3)11-22-23-19(26)15-7-5-6-8-21-15/h5-11H,4,12H2,1-3H3,(H,23,26)/b22-11+. The Morgan fingerprint density at radius 1 is 1.29 bits per heavy atom. The summed E-state index contributed by atoms with van der Waals surface area (Å²) >= 11 is 3.42. The number of nitrogens with one attached hydrogen (secondary N) is 1. The maximum Gasteiger partial charge on any atom is 0.289 e. The highest BCUT2D eigenvalue weighted by Gasteiger charge is 2.14. The first-order valence-corrected chi connectivity index (χ1v) is 9.25. The van der Waals surface area contributed by atoms with E-state index in [0.29, 0.717) is 28.1 Å². The van der Waals surface area contributed by atoms with Gasteiger partial charge in [0.1, 0.15) is 5.69 Å². The van der Waals surface area contributed by atoms with Crippen molar-refractivity contribution in [2.24, 2.45) is 5.10 Å². The van der Waals surface area contributed by atoms with E-state index >= 15 is 0 Å². The molecule has 0 aliphatic carbocycles. The Morgan fingerprint density at radius 3 is 2.71 bits per heavy atom. The zero-order valence-electron chi connectivity index (χ0n) is 15.8. The number of hydrogen-bond acceptors (Lipinski definition) is 6. The SMILES string of the molecule is CCOc1cc(/C=N/NC(=O)c2ccccn2)cc(Br)c1OCC(=O)N(C)C. The summed E-state index contributed by atoms with van der Waals surface area (Å²) in [7, 11) is 3.31. The molecule has 0 atom stereocenters. The van der Waals surface area contributed by atoms with Crippen LogP contribution >= 0.6 is 15.9 Å². The summed E-state index contributed by atoms with van der Waals surface area (Å²) in [6.45, 7) is 2.15. The lowest BCUT2D eigenvalue weighted by molar-refractivity contribution is -0.130. The van der Waals surface area contributed by atoms with Crippen molar-refractivity contribution < 1.29 is 19.1 Å². The van der Waals surface area contributed by atoms with Gasteiger partial charge in [-0.3, -0.25) is 14.6 Å². The largest absolute Gasteiger partial charge is 0.490 e. The molecule has 0 saturated carbocycles. The second-order valence-corrected chi connectivity index (χ2v) is 6.61. The molecule has 1 aromatic carbocycles. The van der Waals surface area contributed by atoms with Crippen molar-refractivity contribution in [1.29, 1.82) is 0 Å². The third kappa shape index (κ3) is 6.05. The first-order chi connectivity index (χ1) is 13.4. The van der Waals surface area contributed by atoms with Crippen molar-refractivity contribution >= 4 is 34.0 Å². The van der Waals surface area contributed by atoms with Crippen LogP contribution in [0.5, 0.6) is 11.5 Å². The summed E-state index contributed by atoms with van der Waals surface area (Å²) in [5.41, 5.74) is 3.35. The lowest BCUT2D eigenvalue weighted by atomic mass is 10.2. The molecule has 1 aromatic heterocycles. The number of nitrogens with zero attached hydrogens (tertiary/aromatic N) is 3. The third-order valence-corrected chi connectivity index (χ3v) is 4.04. The summed E-state index contributed by atoms with van der Waals surface area (Å²) in [6, 6.07) is 8.49. The van der Waals surface area contributed by atoms with E-state index in [-0.39, 0.29) is 18.2 Å². The summed E-state index contributed by atoms with van der Waals surface area (Å²) < 4.78 is 11.8. The summed E-state index contributed by atoms with van der Waals surface area (Å²) in [5, 5.41) is 3.94. The topological polar surface area (TPSA) is 93.1 Å². The molecule has 1 N–H and O–H groups in total. The zero-order valence-corrected chi connectivity index (χ0v) is 17.4. The van der Waals surface area contributed by atoms with E-state index < -0.39 is 5.91 Å². The second-order valence-electron chi connectivity index (χ2n) is 5.75. The van der Waals surface area contributed by atoms with Crippen molar-refractivity contribution in [3.05, 3.63) is 52.3 Å². The molecule has 28 heavy (non-hydrogen) atoms. The summed E-state index contributed by atoms with van der Waals surface area (Å²) in [5.74, 6) is 0.299. The molecule has 0 aliphatic heterocycles. The molecule has 0 spiro atoms. The van der Waals surface area contributed by atoms with Gasteiger partial charge in [-0.15, -0.1) is 0 Å². The quantitative estimate of drug-likeness (QED) is 0.494. The van der Waals surface area contributed by atoms with E-state index in [4.69, 9.17) is 9.47 Å². The van der Waals surface area contributed by atoms with Crippen molar-refractivity contribution in [2.45, 2.75) is 6.92 Å². The molecular formula is C19H21BrN4O4. The maximum absolute atomic E-state index is 12.0. The maximum atomic E-state index is 12.0. The van der Waals surface area contributed by atoms with E-state index in [9.17, 15) is 9.59 Å². The number of halogens is 1. The van der Waals surface area contributed by atoms with E-state index in [1.807, 2.05) is 6.92 Å². The minimum atomic E-state index is -0.414. The van der Waals surface area contributed by atoms with E-state index in [1.54, 1.807) is 44.4 Å². The Kier molecular flexibility index (Phi) is 7.94. The molecule has 0 aliphatic rings. The molecule has 0 bridgehead atoms. The molecule has 2 rings (SSSR count). The number of likely N-dealkylation sites (N-methyl/N-ethyl adjacent to an activating group) is 1. The van der Waals surface area contributed by atoms with Gasteiger partial charge >= 0.3 is 0 Å². The highest BCUT2D eigenvalue weighted by atomic mass is 79.9. The average Bonchev–Trinajstić information content (AvgIpc) is 2.68. The van der Waals surface area contributed by atoms with Crippen LogP contribution in [0.1, 0.15) is 23.0 Å². The molecule has 0 radical (unpaired) electrons. The molecule has 1 heterocycles. The fourth-order valence-corrected chi connectivity index (χ4v) is 2.62.